The molecule has 13 heavy (non-hydrogen) atoms. The predicted octanol–water partition coefficient (Wildman–Crippen LogP) is -0.264. The highest BCUT2D eigenvalue weighted by atomic mass is 16.4. The van der Waals surface area contributed by atoms with Crippen LogP contribution in [0.3, 0.4) is 0 Å². The zero-order chi connectivity index (χ0) is 9.84. The minimum Gasteiger partial charge on any atom is -0.480 e. The van der Waals surface area contributed by atoms with Crippen LogP contribution in [0.5, 0.6) is 0 Å². The summed E-state index contributed by atoms with van der Waals surface area (Å²) in [5.74, 6) is 1.37. The van der Waals surface area contributed by atoms with Crippen molar-refractivity contribution in [2.75, 3.05) is 6.54 Å². The van der Waals surface area contributed by atoms with Gasteiger partial charge in [-0.15, -0.1) is 6.42 Å². The topological polar surface area (TPSA) is 57.6 Å². The number of carboxylic acid groups (broad SMARTS) is 1. The van der Waals surface area contributed by atoms with Crippen LogP contribution in [0.1, 0.15) is 12.8 Å². The van der Waals surface area contributed by atoms with E-state index in [1.54, 1.807) is 4.90 Å². The van der Waals surface area contributed by atoms with E-state index in [4.69, 9.17) is 11.5 Å². The molecule has 1 heterocycles. The Bertz CT molecular complexity index is 256. The number of carbonyl (C=O) groups is 2. The summed E-state index contributed by atoms with van der Waals surface area (Å²) in [5, 5.41) is 8.80. The van der Waals surface area contributed by atoms with E-state index in [1.807, 2.05) is 0 Å². The molecule has 4 nitrogen and oxygen atoms in total. The molecule has 0 radical (unpaired) electrons. The van der Waals surface area contributed by atoms with Crippen LogP contribution >= 0.6 is 0 Å². The number of hydrogen-bond donors (Lipinski definition) is 1. The smallest absolute Gasteiger partial charge is 0.320 e. The number of carboxylic acids is 1. The Labute approximate surface area is 76.5 Å². The largest absolute Gasteiger partial charge is 0.480 e. The first-order chi connectivity index (χ1) is 6.20. The van der Waals surface area contributed by atoms with Crippen molar-refractivity contribution in [3.63, 3.8) is 0 Å². The van der Waals surface area contributed by atoms with Crippen LogP contribution in [0.2, 0.25) is 0 Å². The average Bonchev–Trinajstić information content (AvgIpc) is 2.55. The highest BCUT2D eigenvalue weighted by Gasteiger charge is 2.34. The Morgan fingerprint density at radius 1 is 1.77 bits per heavy atom. The van der Waals surface area contributed by atoms with Gasteiger partial charge in [0.05, 0.1) is 0 Å². The molecule has 1 rings (SSSR count). The molecule has 0 aromatic heterocycles. The number of hydrogen-bond acceptors (Lipinski definition) is 3. The Hall–Kier alpha value is -1.34. The minimum atomic E-state index is -0.903. The Balaban J connectivity index is 2.73. The molecule has 0 saturated carbocycles. The number of likely N-dealkylation sites (tertiary alicyclic amines) is 1. The van der Waals surface area contributed by atoms with Gasteiger partial charge in [0.25, 0.3) is 0 Å². The van der Waals surface area contributed by atoms with Gasteiger partial charge in [0.15, 0.2) is 0 Å². The Kier molecular flexibility index (Phi) is 3.04. The van der Waals surface area contributed by atoms with Crippen molar-refractivity contribution in [1.82, 2.24) is 4.90 Å². The van der Waals surface area contributed by atoms with Gasteiger partial charge in [0, 0.05) is 6.54 Å². The maximum absolute atomic E-state index is 10.7. The van der Waals surface area contributed by atoms with E-state index >= 15 is 0 Å². The predicted molar refractivity (Wildman–Crippen MR) is 46.0 cm³/mol. The third-order valence-corrected chi connectivity index (χ3v) is 2.24. The molecular formula is C9H11NO3. The van der Waals surface area contributed by atoms with Gasteiger partial charge in [-0.1, -0.05) is 5.92 Å². The third-order valence-electron chi connectivity index (χ3n) is 2.24. The summed E-state index contributed by atoms with van der Waals surface area (Å²) < 4.78 is 0. The molecule has 1 saturated heterocycles. The van der Waals surface area contributed by atoms with Crippen LogP contribution < -0.4 is 0 Å². The SMILES string of the molecule is C#CC(C=O)N1CCC[C@H]1C(=O)O. The first-order valence-electron chi connectivity index (χ1n) is 4.10. The summed E-state index contributed by atoms with van der Waals surface area (Å²) in [6.45, 7) is 0.588. The zero-order valence-corrected chi connectivity index (χ0v) is 7.14. The molecule has 70 valence electrons. The Morgan fingerprint density at radius 3 is 2.92 bits per heavy atom. The lowest BCUT2D eigenvalue weighted by Crippen LogP contribution is -2.43. The van der Waals surface area contributed by atoms with E-state index in [2.05, 4.69) is 5.92 Å². The normalized spacial score (nSPS) is 25.0. The molecule has 4 heteroatoms. The molecule has 1 unspecified atom stereocenters. The van der Waals surface area contributed by atoms with Crippen molar-refractivity contribution in [3.05, 3.63) is 0 Å². The van der Waals surface area contributed by atoms with E-state index in [0.29, 0.717) is 19.3 Å². The summed E-state index contributed by atoms with van der Waals surface area (Å²) in [4.78, 5) is 22.8. The van der Waals surface area contributed by atoms with Gasteiger partial charge >= 0.3 is 5.97 Å². The molecule has 0 amide bonds. The van der Waals surface area contributed by atoms with E-state index in [1.165, 1.54) is 0 Å². The van der Waals surface area contributed by atoms with Gasteiger partial charge in [-0.3, -0.25) is 9.69 Å². The number of terminal acetylenes is 1. The number of aliphatic carboxylic acids is 1. The third kappa shape index (κ3) is 1.87. The first kappa shape index (κ1) is 9.75. The molecule has 2 atom stereocenters. The van der Waals surface area contributed by atoms with Gasteiger partial charge < -0.3 is 9.90 Å². The summed E-state index contributed by atoms with van der Waals surface area (Å²) in [6, 6.07) is -1.28. The maximum atomic E-state index is 10.7. The van der Waals surface area contributed by atoms with Crippen LogP contribution in [0.15, 0.2) is 0 Å². The molecule has 1 aliphatic heterocycles. The van der Waals surface area contributed by atoms with Gasteiger partial charge in [-0.25, -0.2) is 0 Å². The number of aldehydes is 1. The van der Waals surface area contributed by atoms with Crippen LogP contribution in [-0.4, -0.2) is 40.9 Å². The van der Waals surface area contributed by atoms with Gasteiger partial charge in [-0.2, -0.15) is 0 Å². The van der Waals surface area contributed by atoms with Crippen LogP contribution in [0.25, 0.3) is 0 Å². The summed E-state index contributed by atoms with van der Waals surface area (Å²) in [6.07, 6.45) is 7.07. The summed E-state index contributed by atoms with van der Waals surface area (Å²) in [7, 11) is 0. The first-order valence-corrected chi connectivity index (χ1v) is 4.10. The second kappa shape index (κ2) is 4.06. The van der Waals surface area contributed by atoms with Crippen molar-refractivity contribution >= 4 is 12.3 Å². The van der Waals surface area contributed by atoms with Crippen LogP contribution in [0.4, 0.5) is 0 Å². The lowest BCUT2D eigenvalue weighted by molar-refractivity contribution is -0.142. The van der Waals surface area contributed by atoms with Crippen molar-refractivity contribution < 1.29 is 14.7 Å². The molecule has 0 bridgehead atoms. The number of nitrogens with zero attached hydrogens (tertiary/aromatic N) is 1. The van der Waals surface area contributed by atoms with Crippen LogP contribution in [0, 0.1) is 12.3 Å². The Morgan fingerprint density at radius 2 is 2.46 bits per heavy atom. The lowest BCUT2D eigenvalue weighted by atomic mass is 10.2. The highest BCUT2D eigenvalue weighted by molar-refractivity contribution is 5.75. The maximum Gasteiger partial charge on any atom is 0.320 e. The minimum absolute atomic E-state index is 0.571. The number of rotatable bonds is 3. The van der Waals surface area contributed by atoms with E-state index < -0.39 is 18.1 Å². The summed E-state index contributed by atoms with van der Waals surface area (Å²) in [5.41, 5.74) is 0. The number of carbonyl (C=O) groups excluding carboxylic acids is 1. The fourth-order valence-corrected chi connectivity index (χ4v) is 1.60. The standard InChI is InChI=1S/C9H11NO3/c1-2-7(6-11)10-5-3-4-8(10)9(12)13/h1,6-8H,3-5H2,(H,12,13)/t7?,8-/m0/s1. The molecule has 0 spiro atoms. The van der Waals surface area contributed by atoms with Gasteiger partial charge in [0.2, 0.25) is 0 Å². The molecule has 1 aliphatic rings. The molecule has 0 aromatic rings. The second-order valence-electron chi connectivity index (χ2n) is 2.98. The quantitative estimate of drug-likeness (QED) is 0.481. The van der Waals surface area contributed by atoms with Crippen molar-refractivity contribution in [3.8, 4) is 12.3 Å². The fourth-order valence-electron chi connectivity index (χ4n) is 1.60. The highest BCUT2D eigenvalue weighted by Crippen LogP contribution is 2.19. The van der Waals surface area contributed by atoms with Crippen molar-refractivity contribution in [1.29, 1.82) is 0 Å². The van der Waals surface area contributed by atoms with Crippen LogP contribution in [-0.2, 0) is 9.59 Å². The molecule has 0 aliphatic carbocycles. The van der Waals surface area contributed by atoms with Gasteiger partial charge in [0.1, 0.15) is 18.4 Å². The molecular weight excluding hydrogens is 170 g/mol. The van der Waals surface area contributed by atoms with Crippen molar-refractivity contribution in [2.24, 2.45) is 0 Å². The van der Waals surface area contributed by atoms with E-state index in [9.17, 15) is 9.59 Å². The lowest BCUT2D eigenvalue weighted by Gasteiger charge is -2.22. The average molecular weight is 181 g/mol. The van der Waals surface area contributed by atoms with Crippen molar-refractivity contribution in [2.45, 2.75) is 24.9 Å². The molecule has 1 fully saturated rings. The molecule has 0 aromatic carbocycles. The fraction of sp³-hybridized carbons (Fsp3) is 0.556. The monoisotopic (exact) mass is 181 g/mol. The molecule has 1 N–H and O–H groups in total. The zero-order valence-electron chi connectivity index (χ0n) is 7.14. The van der Waals surface area contributed by atoms with E-state index in [0.717, 1.165) is 6.42 Å². The van der Waals surface area contributed by atoms with Gasteiger partial charge in [-0.05, 0) is 12.8 Å². The van der Waals surface area contributed by atoms with E-state index in [-0.39, 0.29) is 0 Å². The summed E-state index contributed by atoms with van der Waals surface area (Å²) >= 11 is 0. The second-order valence-corrected chi connectivity index (χ2v) is 2.98.